The standard InChI is InChI=1S/C40H38FN9O7/c41-40(20-47(21-40)24-2-5-26-28(15-24)39(56)50(38(26)55)31-6-7-33(51)45-36(31)53)19-46-12-8-23(9-13-46)48-18-22-14-30(32(57-25-3-4-25)16-27(22)37(48)54)44-35(52)29-17-43-49-11-1-10-42-34(29)49/h1-2,5,10-11,14-17,23,25,31H,3-4,6-9,12-13,18-21H2,(H,44,52)(H,45,51,53). The summed E-state index contributed by atoms with van der Waals surface area (Å²) in [5.74, 6) is -2.30. The van der Waals surface area contributed by atoms with E-state index in [4.69, 9.17) is 4.74 Å². The van der Waals surface area contributed by atoms with Gasteiger partial charge in [-0.3, -0.25) is 43.9 Å². The van der Waals surface area contributed by atoms with Crippen molar-refractivity contribution in [3.05, 3.63) is 82.8 Å². The molecule has 17 heteroatoms. The molecule has 6 aliphatic rings. The van der Waals surface area contributed by atoms with Gasteiger partial charge < -0.3 is 19.9 Å². The highest BCUT2D eigenvalue weighted by molar-refractivity contribution is 6.23. The van der Waals surface area contributed by atoms with Crippen LogP contribution in [0.15, 0.2) is 55.0 Å². The zero-order chi connectivity index (χ0) is 39.2. The normalized spacial score (nSPS) is 22.2. The number of rotatable bonds is 9. The monoisotopic (exact) mass is 775 g/mol. The van der Waals surface area contributed by atoms with E-state index in [9.17, 15) is 28.8 Å². The van der Waals surface area contributed by atoms with E-state index in [1.807, 2.05) is 15.9 Å². The summed E-state index contributed by atoms with van der Waals surface area (Å²) in [6.07, 6.45) is 8.11. The molecule has 10 rings (SSSR count). The minimum absolute atomic E-state index is 0.0308. The zero-order valence-corrected chi connectivity index (χ0v) is 30.8. The van der Waals surface area contributed by atoms with Crippen LogP contribution in [-0.4, -0.2) is 121 Å². The number of amides is 6. The maximum atomic E-state index is 16.1. The highest BCUT2D eigenvalue weighted by atomic mass is 19.1. The van der Waals surface area contributed by atoms with E-state index >= 15 is 4.39 Å². The van der Waals surface area contributed by atoms with Crippen molar-refractivity contribution < 1.29 is 37.9 Å². The molecule has 2 aromatic carbocycles. The molecule has 1 atom stereocenters. The Morgan fingerprint density at radius 2 is 1.74 bits per heavy atom. The zero-order valence-electron chi connectivity index (χ0n) is 30.8. The number of aromatic nitrogens is 3. The number of fused-ring (bicyclic) bond motifs is 3. The molecule has 2 aromatic heterocycles. The lowest BCUT2D eigenvalue weighted by Crippen LogP contribution is -2.64. The summed E-state index contributed by atoms with van der Waals surface area (Å²) in [7, 11) is 0. The number of halogens is 1. The van der Waals surface area contributed by atoms with E-state index < -0.39 is 35.3 Å². The minimum Gasteiger partial charge on any atom is -0.488 e. The van der Waals surface area contributed by atoms with Crippen molar-refractivity contribution in [3.8, 4) is 5.75 Å². The first kappa shape index (κ1) is 35.2. The lowest BCUT2D eigenvalue weighted by molar-refractivity contribution is -0.136. The molecule has 0 bridgehead atoms. The maximum absolute atomic E-state index is 16.1. The summed E-state index contributed by atoms with van der Waals surface area (Å²) in [6.45, 7) is 2.08. The summed E-state index contributed by atoms with van der Waals surface area (Å²) in [5, 5.41) is 9.39. The van der Waals surface area contributed by atoms with Crippen molar-refractivity contribution in [2.75, 3.05) is 42.9 Å². The molecule has 1 aliphatic carbocycles. The first-order valence-corrected chi connectivity index (χ1v) is 19.3. The van der Waals surface area contributed by atoms with Crippen LogP contribution in [0.1, 0.15) is 85.5 Å². The Bertz CT molecular complexity index is 2420. The molecule has 292 valence electrons. The highest BCUT2D eigenvalue weighted by Crippen LogP contribution is 2.40. The number of piperidine rings is 2. The number of nitrogens with one attached hydrogen (secondary N) is 2. The summed E-state index contributed by atoms with van der Waals surface area (Å²) in [6, 6.07) is 9.02. The Morgan fingerprint density at radius 1 is 0.947 bits per heavy atom. The molecule has 7 heterocycles. The minimum atomic E-state index is -1.48. The molecule has 2 N–H and O–H groups in total. The Balaban J connectivity index is 0.756. The van der Waals surface area contributed by atoms with Gasteiger partial charge in [0.2, 0.25) is 11.8 Å². The molecule has 6 amide bonds. The quantitative estimate of drug-likeness (QED) is 0.239. The third-order valence-corrected chi connectivity index (χ3v) is 11.9. The van der Waals surface area contributed by atoms with Crippen molar-refractivity contribution in [1.29, 1.82) is 0 Å². The molecule has 4 fully saturated rings. The van der Waals surface area contributed by atoms with Gasteiger partial charge in [0.05, 0.1) is 42.2 Å². The molecule has 3 saturated heterocycles. The molecule has 0 spiro atoms. The summed E-state index contributed by atoms with van der Waals surface area (Å²) in [4.78, 5) is 88.6. The number of nitrogens with zero attached hydrogens (tertiary/aromatic N) is 7. The van der Waals surface area contributed by atoms with E-state index in [0.717, 1.165) is 23.3 Å². The molecular weight excluding hydrogens is 737 g/mol. The Hall–Kier alpha value is -6.23. The van der Waals surface area contributed by atoms with E-state index in [-0.39, 0.29) is 67.6 Å². The second-order valence-electron chi connectivity index (χ2n) is 15.8. The number of alkyl halides is 1. The third-order valence-electron chi connectivity index (χ3n) is 11.9. The van der Waals surface area contributed by atoms with Crippen LogP contribution < -0.4 is 20.3 Å². The van der Waals surface area contributed by atoms with Crippen molar-refractivity contribution >= 4 is 52.5 Å². The third kappa shape index (κ3) is 6.16. The first-order valence-electron chi connectivity index (χ1n) is 19.3. The van der Waals surface area contributed by atoms with Crippen LogP contribution in [0.5, 0.6) is 5.75 Å². The van der Waals surface area contributed by atoms with Crippen LogP contribution in [-0.2, 0) is 16.1 Å². The molecule has 1 saturated carbocycles. The maximum Gasteiger partial charge on any atom is 0.262 e. The van der Waals surface area contributed by atoms with Gasteiger partial charge in [-0.25, -0.2) is 13.9 Å². The average molecular weight is 776 g/mol. The number of benzene rings is 2. The summed E-state index contributed by atoms with van der Waals surface area (Å²) in [5.41, 5.74) is 2.07. The van der Waals surface area contributed by atoms with Gasteiger partial charge in [0.25, 0.3) is 23.6 Å². The van der Waals surface area contributed by atoms with Crippen LogP contribution in [0.2, 0.25) is 0 Å². The van der Waals surface area contributed by atoms with E-state index in [0.29, 0.717) is 66.4 Å². The summed E-state index contributed by atoms with van der Waals surface area (Å²) >= 11 is 0. The Morgan fingerprint density at radius 3 is 2.51 bits per heavy atom. The molecule has 4 aromatic rings. The smallest absolute Gasteiger partial charge is 0.262 e. The molecule has 16 nitrogen and oxygen atoms in total. The highest BCUT2D eigenvalue weighted by Gasteiger charge is 2.48. The van der Waals surface area contributed by atoms with Gasteiger partial charge in [-0.2, -0.15) is 5.10 Å². The second kappa shape index (κ2) is 13.2. The largest absolute Gasteiger partial charge is 0.488 e. The van der Waals surface area contributed by atoms with Crippen molar-refractivity contribution in [1.82, 2.24) is 34.6 Å². The van der Waals surface area contributed by atoms with Gasteiger partial charge in [-0.05, 0) is 74.1 Å². The van der Waals surface area contributed by atoms with Crippen molar-refractivity contribution in [2.45, 2.75) is 68.9 Å². The average Bonchev–Trinajstić information content (AvgIpc) is 3.73. The fourth-order valence-corrected chi connectivity index (χ4v) is 8.76. The van der Waals surface area contributed by atoms with Gasteiger partial charge in [-0.15, -0.1) is 0 Å². The predicted molar refractivity (Wildman–Crippen MR) is 200 cm³/mol. The number of imide groups is 2. The molecule has 0 radical (unpaired) electrons. The SMILES string of the molecule is O=C1CCC(N2C(=O)c3ccc(N4CC(F)(CN5CCC(N6Cc7cc(NC(=O)c8cnn9cccnc89)c(OC8CC8)cc7C6=O)CC5)C4)cc3C2=O)C(=O)N1. The fraction of sp³-hybridized carbons (Fsp3) is 0.400. The van der Waals surface area contributed by atoms with Crippen LogP contribution in [0, 0.1) is 0 Å². The first-order chi connectivity index (χ1) is 27.5. The van der Waals surface area contributed by atoms with Crippen molar-refractivity contribution in [3.63, 3.8) is 0 Å². The van der Waals surface area contributed by atoms with E-state index in [1.54, 1.807) is 36.7 Å². The number of ether oxygens (including phenoxy) is 1. The molecule has 1 unspecified atom stereocenters. The number of hydrogen-bond acceptors (Lipinski definition) is 11. The topological polar surface area (TPSA) is 179 Å². The fourth-order valence-electron chi connectivity index (χ4n) is 8.76. The van der Waals surface area contributed by atoms with Gasteiger partial charge in [0, 0.05) is 62.3 Å². The van der Waals surface area contributed by atoms with Crippen LogP contribution in [0.25, 0.3) is 5.65 Å². The molecular formula is C40H38FN9O7. The van der Waals surface area contributed by atoms with Crippen LogP contribution >= 0.6 is 0 Å². The van der Waals surface area contributed by atoms with Crippen LogP contribution in [0.3, 0.4) is 0 Å². The second-order valence-corrected chi connectivity index (χ2v) is 15.8. The summed E-state index contributed by atoms with van der Waals surface area (Å²) < 4.78 is 23.8. The molecule has 57 heavy (non-hydrogen) atoms. The number of hydrogen-bond donors (Lipinski definition) is 2. The number of likely N-dealkylation sites (tertiary alicyclic amines) is 1. The lowest BCUT2D eigenvalue weighted by Gasteiger charge is -2.49. The predicted octanol–water partition coefficient (Wildman–Crippen LogP) is 2.57. The Kier molecular flexibility index (Phi) is 8.14. The Labute approximate surface area is 324 Å². The van der Waals surface area contributed by atoms with Crippen LogP contribution in [0.4, 0.5) is 15.8 Å². The lowest BCUT2D eigenvalue weighted by atomic mass is 9.92. The van der Waals surface area contributed by atoms with Gasteiger partial charge in [-0.1, -0.05) is 0 Å². The number of carbonyl (C=O) groups excluding carboxylic acids is 6. The number of carbonyl (C=O) groups is 6. The van der Waals surface area contributed by atoms with Gasteiger partial charge >= 0.3 is 0 Å². The molecule has 5 aliphatic heterocycles. The van der Waals surface area contributed by atoms with Gasteiger partial charge in [0.15, 0.2) is 11.3 Å². The number of anilines is 2. The van der Waals surface area contributed by atoms with Gasteiger partial charge in [0.1, 0.15) is 17.4 Å². The van der Waals surface area contributed by atoms with E-state index in [1.165, 1.54) is 16.8 Å². The van der Waals surface area contributed by atoms with Crippen molar-refractivity contribution in [2.24, 2.45) is 0 Å². The van der Waals surface area contributed by atoms with E-state index in [2.05, 4.69) is 25.6 Å².